The number of Topliss-reactive ketones (excluding diaryl/α,β-unsaturated/α-hetero) is 1. The number of ketones is 1. The van der Waals surface area contributed by atoms with E-state index in [-0.39, 0.29) is 11.4 Å². The van der Waals surface area contributed by atoms with E-state index in [0.717, 1.165) is 5.56 Å². The number of nitriles is 1. The summed E-state index contributed by atoms with van der Waals surface area (Å²) in [5.74, 6) is 0.288. The van der Waals surface area contributed by atoms with Crippen molar-refractivity contribution in [2.24, 2.45) is 0 Å². The van der Waals surface area contributed by atoms with Crippen molar-refractivity contribution in [2.45, 2.75) is 0 Å². The normalized spacial score (nSPS) is 11.0. The van der Waals surface area contributed by atoms with Crippen molar-refractivity contribution in [3.63, 3.8) is 0 Å². The highest BCUT2D eigenvalue weighted by atomic mass is 16.5. The number of ether oxygens (including phenoxy) is 1. The van der Waals surface area contributed by atoms with Gasteiger partial charge in [-0.1, -0.05) is 0 Å². The molecule has 0 unspecified atom stereocenters. The molecule has 1 aromatic carbocycles. The Morgan fingerprint density at radius 1 is 1.28 bits per heavy atom. The van der Waals surface area contributed by atoms with Crippen LogP contribution in [0.2, 0.25) is 0 Å². The number of rotatable bonds is 5. The van der Waals surface area contributed by atoms with Gasteiger partial charge in [-0.25, -0.2) is 0 Å². The van der Waals surface area contributed by atoms with Crippen LogP contribution in [-0.4, -0.2) is 28.1 Å². The molecule has 3 rings (SSSR count). The van der Waals surface area contributed by atoms with Crippen LogP contribution >= 0.6 is 0 Å². The van der Waals surface area contributed by atoms with E-state index >= 15 is 0 Å². The van der Waals surface area contributed by atoms with Crippen molar-refractivity contribution in [1.82, 2.24) is 15.2 Å². The van der Waals surface area contributed by atoms with Gasteiger partial charge in [0.15, 0.2) is 0 Å². The SMILES string of the molecule is COc1ccc(C(=O)/C(C#N)=C/c2cc(-c3cccnc3)n[nH]2)cc1. The number of carbonyl (C=O) groups is 1. The molecule has 25 heavy (non-hydrogen) atoms. The molecule has 0 saturated heterocycles. The van der Waals surface area contributed by atoms with Gasteiger partial charge in [0.25, 0.3) is 0 Å². The lowest BCUT2D eigenvalue weighted by molar-refractivity contribution is 0.104. The quantitative estimate of drug-likeness (QED) is 0.440. The molecule has 1 N–H and O–H groups in total. The fourth-order valence-electron chi connectivity index (χ4n) is 2.27. The predicted molar refractivity (Wildman–Crippen MR) is 92.7 cm³/mol. The van der Waals surface area contributed by atoms with Crippen molar-refractivity contribution < 1.29 is 9.53 Å². The minimum absolute atomic E-state index is 0.0200. The van der Waals surface area contributed by atoms with Crippen LogP contribution in [0.4, 0.5) is 0 Å². The van der Waals surface area contributed by atoms with Gasteiger partial charge in [0.1, 0.15) is 17.4 Å². The van der Waals surface area contributed by atoms with Crippen molar-refractivity contribution in [1.29, 1.82) is 5.26 Å². The number of hydrogen-bond donors (Lipinski definition) is 1. The van der Waals surface area contributed by atoms with Crippen LogP contribution < -0.4 is 4.74 Å². The lowest BCUT2D eigenvalue weighted by atomic mass is 10.0. The zero-order valence-corrected chi connectivity index (χ0v) is 13.4. The Bertz CT molecular complexity index is 951. The van der Waals surface area contributed by atoms with E-state index in [1.54, 1.807) is 49.8 Å². The van der Waals surface area contributed by atoms with E-state index in [0.29, 0.717) is 22.7 Å². The lowest BCUT2D eigenvalue weighted by Gasteiger charge is -2.01. The first-order valence-corrected chi connectivity index (χ1v) is 7.47. The number of carbonyl (C=O) groups excluding carboxylic acids is 1. The van der Waals surface area contributed by atoms with Crippen molar-refractivity contribution in [3.8, 4) is 23.1 Å². The first-order chi connectivity index (χ1) is 12.2. The predicted octanol–water partition coefficient (Wildman–Crippen LogP) is 3.27. The first kappa shape index (κ1) is 16.1. The topological polar surface area (TPSA) is 91.7 Å². The number of nitrogens with zero attached hydrogens (tertiary/aromatic N) is 3. The van der Waals surface area contributed by atoms with Gasteiger partial charge in [-0.15, -0.1) is 0 Å². The third-order valence-corrected chi connectivity index (χ3v) is 3.57. The Labute approximate surface area is 144 Å². The second kappa shape index (κ2) is 7.23. The van der Waals surface area contributed by atoms with Crippen LogP contribution in [0, 0.1) is 11.3 Å². The van der Waals surface area contributed by atoms with Crippen LogP contribution in [-0.2, 0) is 0 Å². The summed E-state index contributed by atoms with van der Waals surface area (Å²) in [6.07, 6.45) is 4.86. The molecule has 0 bridgehead atoms. The van der Waals surface area contributed by atoms with Gasteiger partial charge in [0, 0.05) is 23.5 Å². The maximum Gasteiger partial charge on any atom is 0.203 e. The van der Waals surface area contributed by atoms with E-state index < -0.39 is 0 Å². The summed E-state index contributed by atoms with van der Waals surface area (Å²) in [5.41, 5.74) is 2.54. The van der Waals surface area contributed by atoms with Gasteiger partial charge in [-0.05, 0) is 48.5 Å². The van der Waals surface area contributed by atoms with Crippen molar-refractivity contribution in [2.75, 3.05) is 7.11 Å². The van der Waals surface area contributed by atoms with E-state index in [1.807, 2.05) is 18.2 Å². The molecule has 0 saturated carbocycles. The average Bonchev–Trinajstić information content (AvgIpc) is 3.15. The molecule has 0 radical (unpaired) electrons. The molecule has 6 nitrogen and oxygen atoms in total. The number of nitrogens with one attached hydrogen (secondary N) is 1. The summed E-state index contributed by atoms with van der Waals surface area (Å²) >= 11 is 0. The molecule has 3 aromatic rings. The highest BCUT2D eigenvalue weighted by Gasteiger charge is 2.13. The van der Waals surface area contributed by atoms with Gasteiger partial charge in [0.05, 0.1) is 18.5 Å². The zero-order chi connectivity index (χ0) is 17.6. The van der Waals surface area contributed by atoms with Gasteiger partial charge in [-0.2, -0.15) is 10.4 Å². The Balaban J connectivity index is 1.86. The maximum absolute atomic E-state index is 12.5. The number of benzene rings is 1. The van der Waals surface area contributed by atoms with Gasteiger partial charge < -0.3 is 4.74 Å². The van der Waals surface area contributed by atoms with Gasteiger partial charge in [0.2, 0.25) is 5.78 Å². The third kappa shape index (κ3) is 3.62. The smallest absolute Gasteiger partial charge is 0.203 e. The Morgan fingerprint density at radius 2 is 2.08 bits per heavy atom. The van der Waals surface area contributed by atoms with Crippen LogP contribution in [0.5, 0.6) is 5.75 Å². The summed E-state index contributed by atoms with van der Waals surface area (Å²) in [4.78, 5) is 16.5. The summed E-state index contributed by atoms with van der Waals surface area (Å²) in [6.45, 7) is 0. The Morgan fingerprint density at radius 3 is 2.72 bits per heavy atom. The number of hydrogen-bond acceptors (Lipinski definition) is 5. The van der Waals surface area contributed by atoms with Crippen LogP contribution in [0.15, 0.2) is 60.4 Å². The molecular weight excluding hydrogens is 316 g/mol. The fourth-order valence-corrected chi connectivity index (χ4v) is 2.27. The maximum atomic E-state index is 12.5. The summed E-state index contributed by atoms with van der Waals surface area (Å²) < 4.78 is 5.07. The highest BCUT2D eigenvalue weighted by Crippen LogP contribution is 2.19. The number of aromatic nitrogens is 3. The summed E-state index contributed by atoms with van der Waals surface area (Å²) in [5, 5.41) is 16.3. The van der Waals surface area contributed by atoms with E-state index in [4.69, 9.17) is 4.74 Å². The second-order valence-electron chi connectivity index (χ2n) is 5.18. The van der Waals surface area contributed by atoms with Crippen LogP contribution in [0.25, 0.3) is 17.3 Å². The first-order valence-electron chi connectivity index (χ1n) is 7.47. The highest BCUT2D eigenvalue weighted by molar-refractivity contribution is 6.14. The summed E-state index contributed by atoms with van der Waals surface area (Å²) in [6, 6.07) is 14.0. The zero-order valence-electron chi connectivity index (χ0n) is 13.4. The number of methoxy groups -OCH3 is 1. The molecule has 2 aromatic heterocycles. The molecule has 0 atom stereocenters. The van der Waals surface area contributed by atoms with Crippen molar-refractivity contribution in [3.05, 3.63) is 71.7 Å². The monoisotopic (exact) mass is 330 g/mol. The molecule has 0 aliphatic rings. The lowest BCUT2D eigenvalue weighted by Crippen LogP contribution is -2.02. The molecule has 0 spiro atoms. The third-order valence-electron chi connectivity index (χ3n) is 3.57. The van der Waals surface area contributed by atoms with Crippen molar-refractivity contribution >= 4 is 11.9 Å². The molecule has 0 amide bonds. The average molecular weight is 330 g/mol. The van der Waals surface area contributed by atoms with Crippen LogP contribution in [0.3, 0.4) is 0 Å². The standard InChI is InChI=1S/C19H14N4O2/c1-25-17-6-4-13(5-7-17)19(24)15(11-20)9-16-10-18(23-22-16)14-3-2-8-21-12-14/h2-10,12H,1H3,(H,22,23)/b15-9+. The largest absolute Gasteiger partial charge is 0.497 e. The Kier molecular flexibility index (Phi) is 4.67. The van der Waals surface area contributed by atoms with E-state index in [9.17, 15) is 10.1 Å². The van der Waals surface area contributed by atoms with Gasteiger partial charge >= 0.3 is 0 Å². The molecule has 2 heterocycles. The molecular formula is C19H14N4O2. The Hall–Kier alpha value is -3.72. The minimum atomic E-state index is -0.359. The molecule has 0 aliphatic heterocycles. The molecule has 0 fully saturated rings. The summed E-state index contributed by atoms with van der Waals surface area (Å²) in [7, 11) is 1.55. The minimum Gasteiger partial charge on any atom is -0.497 e. The van der Waals surface area contributed by atoms with Crippen LogP contribution in [0.1, 0.15) is 16.1 Å². The molecule has 122 valence electrons. The van der Waals surface area contributed by atoms with E-state index in [2.05, 4.69) is 15.2 Å². The number of pyridine rings is 1. The van der Waals surface area contributed by atoms with Gasteiger partial charge in [-0.3, -0.25) is 14.9 Å². The fraction of sp³-hybridized carbons (Fsp3) is 0.0526. The number of H-pyrrole nitrogens is 1. The van der Waals surface area contributed by atoms with E-state index in [1.165, 1.54) is 6.08 Å². The molecule has 0 aliphatic carbocycles. The molecule has 6 heteroatoms. The second-order valence-corrected chi connectivity index (χ2v) is 5.18. The number of aromatic amines is 1. The number of allylic oxidation sites excluding steroid dienone is 1.